The van der Waals surface area contributed by atoms with Gasteiger partial charge >= 0.3 is 0 Å². The Labute approximate surface area is 137 Å². The molecule has 3 N–H and O–H groups in total. The van der Waals surface area contributed by atoms with Crippen LogP contribution in [0.4, 0.5) is 0 Å². The minimum atomic E-state index is 0.00643. The SMILES string of the molecule is CN=C(NCc1ccc(OC)cc1)NCC1(CCO)CCOC1. The zero-order valence-corrected chi connectivity index (χ0v) is 14.0. The van der Waals surface area contributed by atoms with Gasteiger partial charge in [-0.05, 0) is 30.5 Å². The van der Waals surface area contributed by atoms with Crippen LogP contribution in [-0.2, 0) is 11.3 Å². The number of nitrogens with zero attached hydrogens (tertiary/aromatic N) is 1. The Kier molecular flexibility index (Phi) is 6.67. The lowest BCUT2D eigenvalue weighted by Crippen LogP contribution is -2.44. The first kappa shape index (κ1) is 17.6. The number of nitrogens with one attached hydrogen (secondary N) is 2. The highest BCUT2D eigenvalue weighted by atomic mass is 16.5. The van der Waals surface area contributed by atoms with Crippen LogP contribution >= 0.6 is 0 Å². The molecule has 1 unspecified atom stereocenters. The molecule has 1 aromatic rings. The van der Waals surface area contributed by atoms with Crippen molar-refractivity contribution in [3.05, 3.63) is 29.8 Å². The first-order valence-electron chi connectivity index (χ1n) is 7.97. The van der Waals surface area contributed by atoms with Crippen LogP contribution in [0.25, 0.3) is 0 Å². The maximum Gasteiger partial charge on any atom is 0.191 e. The number of rotatable bonds is 7. The molecule has 1 saturated heterocycles. The summed E-state index contributed by atoms with van der Waals surface area (Å²) in [7, 11) is 3.42. The van der Waals surface area contributed by atoms with E-state index in [0.717, 1.165) is 43.3 Å². The smallest absolute Gasteiger partial charge is 0.191 e. The van der Waals surface area contributed by atoms with Gasteiger partial charge < -0.3 is 25.2 Å². The second kappa shape index (κ2) is 8.74. The maximum absolute atomic E-state index is 9.27. The number of aliphatic imine (C=N–C) groups is 1. The van der Waals surface area contributed by atoms with E-state index in [2.05, 4.69) is 15.6 Å². The summed E-state index contributed by atoms with van der Waals surface area (Å²) in [6.07, 6.45) is 1.71. The Morgan fingerprint density at radius 3 is 2.70 bits per heavy atom. The lowest BCUT2D eigenvalue weighted by molar-refractivity contribution is 0.127. The van der Waals surface area contributed by atoms with Gasteiger partial charge in [-0.2, -0.15) is 0 Å². The average Bonchev–Trinajstić information content (AvgIpc) is 3.05. The summed E-state index contributed by atoms with van der Waals surface area (Å²) >= 11 is 0. The number of aliphatic hydroxyl groups is 1. The summed E-state index contributed by atoms with van der Waals surface area (Å²) in [6.45, 7) is 3.07. The minimum absolute atomic E-state index is 0.00643. The highest BCUT2D eigenvalue weighted by Crippen LogP contribution is 2.31. The normalized spacial score (nSPS) is 21.3. The van der Waals surface area contributed by atoms with Crippen molar-refractivity contribution in [2.45, 2.75) is 19.4 Å². The Balaban J connectivity index is 1.82. The highest BCUT2D eigenvalue weighted by molar-refractivity contribution is 5.79. The van der Waals surface area contributed by atoms with Gasteiger partial charge in [0.25, 0.3) is 0 Å². The average molecular weight is 321 g/mol. The molecule has 0 saturated carbocycles. The van der Waals surface area contributed by atoms with Gasteiger partial charge in [0.1, 0.15) is 5.75 Å². The van der Waals surface area contributed by atoms with Crippen LogP contribution in [0.2, 0.25) is 0 Å². The van der Waals surface area contributed by atoms with Crippen LogP contribution in [0.5, 0.6) is 5.75 Å². The molecule has 2 rings (SSSR count). The molecule has 1 aliphatic rings. The van der Waals surface area contributed by atoms with E-state index in [-0.39, 0.29) is 12.0 Å². The summed E-state index contributed by atoms with van der Waals surface area (Å²) in [6, 6.07) is 7.94. The molecule has 0 aliphatic carbocycles. The number of aliphatic hydroxyl groups excluding tert-OH is 1. The second-order valence-corrected chi connectivity index (χ2v) is 5.90. The molecule has 1 fully saturated rings. The van der Waals surface area contributed by atoms with E-state index >= 15 is 0 Å². The van der Waals surface area contributed by atoms with Gasteiger partial charge in [-0.1, -0.05) is 12.1 Å². The van der Waals surface area contributed by atoms with Crippen molar-refractivity contribution >= 4 is 5.96 Å². The van der Waals surface area contributed by atoms with E-state index < -0.39 is 0 Å². The Morgan fingerprint density at radius 2 is 2.13 bits per heavy atom. The maximum atomic E-state index is 9.27. The fourth-order valence-electron chi connectivity index (χ4n) is 2.73. The van der Waals surface area contributed by atoms with Gasteiger partial charge in [-0.25, -0.2) is 0 Å². The molecule has 0 spiro atoms. The van der Waals surface area contributed by atoms with Crippen LogP contribution in [0.1, 0.15) is 18.4 Å². The van der Waals surface area contributed by atoms with Gasteiger partial charge in [0.2, 0.25) is 0 Å². The van der Waals surface area contributed by atoms with Crippen LogP contribution in [0.15, 0.2) is 29.3 Å². The van der Waals surface area contributed by atoms with Crippen molar-refractivity contribution in [2.75, 3.05) is 40.5 Å². The van der Waals surface area contributed by atoms with Crippen molar-refractivity contribution in [1.82, 2.24) is 10.6 Å². The van der Waals surface area contributed by atoms with Gasteiger partial charge in [-0.3, -0.25) is 4.99 Å². The number of guanidine groups is 1. The van der Waals surface area contributed by atoms with Gasteiger partial charge in [-0.15, -0.1) is 0 Å². The molecule has 128 valence electrons. The van der Waals surface area contributed by atoms with Crippen molar-refractivity contribution in [3.63, 3.8) is 0 Å². The number of hydrogen-bond donors (Lipinski definition) is 3. The quantitative estimate of drug-likeness (QED) is 0.519. The summed E-state index contributed by atoms with van der Waals surface area (Å²) in [5, 5.41) is 15.9. The number of benzene rings is 1. The molecule has 0 amide bonds. The molecular weight excluding hydrogens is 294 g/mol. The molecule has 23 heavy (non-hydrogen) atoms. The Bertz CT molecular complexity index is 496. The molecule has 0 radical (unpaired) electrons. The molecule has 1 aliphatic heterocycles. The van der Waals surface area contributed by atoms with E-state index in [1.165, 1.54) is 0 Å². The first-order chi connectivity index (χ1) is 11.2. The fraction of sp³-hybridized carbons (Fsp3) is 0.588. The van der Waals surface area contributed by atoms with Crippen LogP contribution < -0.4 is 15.4 Å². The summed E-state index contributed by atoms with van der Waals surface area (Å²) in [5.74, 6) is 1.61. The zero-order valence-electron chi connectivity index (χ0n) is 14.0. The van der Waals surface area contributed by atoms with E-state index in [4.69, 9.17) is 9.47 Å². The largest absolute Gasteiger partial charge is 0.497 e. The third-order valence-electron chi connectivity index (χ3n) is 4.30. The molecular formula is C17H27N3O3. The summed E-state index contributed by atoms with van der Waals surface area (Å²) in [5.41, 5.74) is 1.16. The van der Waals surface area contributed by atoms with Gasteiger partial charge in [0.05, 0.1) is 13.7 Å². The Hall–Kier alpha value is -1.79. The minimum Gasteiger partial charge on any atom is -0.497 e. The number of hydrogen-bond acceptors (Lipinski definition) is 4. The number of methoxy groups -OCH3 is 1. The standard InChI is InChI=1S/C17H27N3O3/c1-18-16(19-11-14-3-5-15(22-2)6-4-14)20-12-17(7-9-21)8-10-23-13-17/h3-6,21H,7-13H2,1-2H3,(H2,18,19,20). The van der Waals surface area contributed by atoms with Crippen molar-refractivity contribution in [1.29, 1.82) is 0 Å². The lowest BCUT2D eigenvalue weighted by Gasteiger charge is -2.27. The third kappa shape index (κ3) is 5.11. The summed E-state index contributed by atoms with van der Waals surface area (Å²) in [4.78, 5) is 4.26. The second-order valence-electron chi connectivity index (χ2n) is 5.90. The molecule has 6 nitrogen and oxygen atoms in total. The topological polar surface area (TPSA) is 75.1 Å². The first-order valence-corrected chi connectivity index (χ1v) is 7.97. The predicted molar refractivity (Wildman–Crippen MR) is 90.8 cm³/mol. The van der Waals surface area contributed by atoms with Crippen LogP contribution in [0.3, 0.4) is 0 Å². The molecule has 1 heterocycles. The monoisotopic (exact) mass is 321 g/mol. The Morgan fingerprint density at radius 1 is 1.35 bits per heavy atom. The van der Waals surface area contributed by atoms with E-state index in [0.29, 0.717) is 13.2 Å². The van der Waals surface area contributed by atoms with Crippen molar-refractivity contribution in [2.24, 2.45) is 10.4 Å². The third-order valence-corrected chi connectivity index (χ3v) is 4.30. The van der Waals surface area contributed by atoms with Crippen LogP contribution in [0, 0.1) is 5.41 Å². The van der Waals surface area contributed by atoms with Gasteiger partial charge in [0, 0.05) is 38.8 Å². The summed E-state index contributed by atoms with van der Waals surface area (Å²) < 4.78 is 10.7. The number of ether oxygens (including phenoxy) is 2. The molecule has 1 aromatic carbocycles. The fourth-order valence-corrected chi connectivity index (χ4v) is 2.73. The molecule has 1 atom stereocenters. The zero-order chi connectivity index (χ0) is 16.5. The van der Waals surface area contributed by atoms with Crippen LogP contribution in [-0.4, -0.2) is 51.6 Å². The predicted octanol–water partition coefficient (Wildman–Crippen LogP) is 1.15. The highest BCUT2D eigenvalue weighted by Gasteiger charge is 2.34. The molecule has 0 bridgehead atoms. The van der Waals surface area contributed by atoms with E-state index in [1.807, 2.05) is 24.3 Å². The van der Waals surface area contributed by atoms with Crippen molar-refractivity contribution < 1.29 is 14.6 Å². The van der Waals surface area contributed by atoms with E-state index in [9.17, 15) is 5.11 Å². The van der Waals surface area contributed by atoms with Crippen molar-refractivity contribution in [3.8, 4) is 5.75 Å². The molecule has 6 heteroatoms. The van der Waals surface area contributed by atoms with E-state index in [1.54, 1.807) is 14.2 Å². The lowest BCUT2D eigenvalue weighted by atomic mass is 9.84. The van der Waals surface area contributed by atoms with Gasteiger partial charge in [0.15, 0.2) is 5.96 Å². The molecule has 0 aromatic heterocycles.